The second-order valence-electron chi connectivity index (χ2n) is 7.78. The van der Waals surface area contributed by atoms with E-state index in [0.29, 0.717) is 11.3 Å². The number of nitrogens with zero attached hydrogens (tertiary/aromatic N) is 3. The summed E-state index contributed by atoms with van der Waals surface area (Å²) in [6.45, 7) is 2.19. The van der Waals surface area contributed by atoms with E-state index in [-0.39, 0.29) is 17.6 Å². The second-order valence-corrected chi connectivity index (χ2v) is 8.73. The van der Waals surface area contributed by atoms with Gasteiger partial charge in [0.2, 0.25) is 5.91 Å². The topological polar surface area (TPSA) is 79.3 Å². The molecule has 1 aliphatic rings. The van der Waals surface area contributed by atoms with Crippen LogP contribution in [0.1, 0.15) is 29.6 Å². The van der Waals surface area contributed by atoms with Crippen LogP contribution in [0.3, 0.4) is 0 Å². The molecule has 0 atom stereocenters. The maximum atomic E-state index is 12.6. The van der Waals surface area contributed by atoms with Gasteiger partial charge in [-0.1, -0.05) is 11.8 Å². The Hall–Kier alpha value is -3.26. The molecule has 7 nitrogen and oxygen atoms in total. The van der Waals surface area contributed by atoms with Gasteiger partial charge < -0.3 is 20.1 Å². The van der Waals surface area contributed by atoms with Crippen LogP contribution in [0.5, 0.6) is 0 Å². The summed E-state index contributed by atoms with van der Waals surface area (Å²) in [4.78, 5) is 31.3. The first-order valence-corrected chi connectivity index (χ1v) is 11.7. The summed E-state index contributed by atoms with van der Waals surface area (Å²) in [5, 5.41) is 6.56. The predicted molar refractivity (Wildman–Crippen MR) is 129 cm³/mol. The number of thioether (sulfide) groups is 1. The highest BCUT2D eigenvalue weighted by Gasteiger charge is 2.12. The molecule has 3 aromatic rings. The fraction of sp³-hybridized carbons (Fsp3) is 0.292. The number of amides is 2. The zero-order chi connectivity index (χ0) is 22.3. The highest BCUT2D eigenvalue weighted by atomic mass is 32.2. The van der Waals surface area contributed by atoms with E-state index in [1.807, 2.05) is 29.9 Å². The molecule has 4 rings (SSSR count). The molecule has 2 N–H and O–H groups in total. The molecule has 166 valence electrons. The summed E-state index contributed by atoms with van der Waals surface area (Å²) >= 11 is 1.37. The van der Waals surface area contributed by atoms with E-state index in [0.717, 1.165) is 23.9 Å². The molecule has 1 saturated heterocycles. The molecule has 1 aliphatic heterocycles. The SMILES string of the molecule is Cn1ccnc1SCC(=O)Nc1ccc(C(=O)Nc2ccc(N3CCCCC3)cc2)cc1. The van der Waals surface area contributed by atoms with Gasteiger partial charge in [-0.15, -0.1) is 0 Å². The van der Waals surface area contributed by atoms with E-state index in [4.69, 9.17) is 0 Å². The molecule has 0 radical (unpaired) electrons. The molecule has 0 aliphatic carbocycles. The molecule has 0 saturated carbocycles. The van der Waals surface area contributed by atoms with Crippen LogP contribution < -0.4 is 15.5 Å². The van der Waals surface area contributed by atoms with Crippen LogP contribution in [0.4, 0.5) is 17.1 Å². The van der Waals surface area contributed by atoms with Gasteiger partial charge in [0, 0.05) is 55.2 Å². The lowest BCUT2D eigenvalue weighted by Gasteiger charge is -2.28. The van der Waals surface area contributed by atoms with E-state index in [1.165, 1.54) is 36.7 Å². The minimum Gasteiger partial charge on any atom is -0.372 e. The normalized spacial score (nSPS) is 13.6. The molecule has 2 amide bonds. The van der Waals surface area contributed by atoms with Crippen LogP contribution in [0.25, 0.3) is 0 Å². The van der Waals surface area contributed by atoms with E-state index >= 15 is 0 Å². The molecule has 0 spiro atoms. The van der Waals surface area contributed by atoms with Gasteiger partial charge in [-0.05, 0) is 67.8 Å². The monoisotopic (exact) mass is 449 g/mol. The van der Waals surface area contributed by atoms with Crippen molar-refractivity contribution in [2.75, 3.05) is 34.4 Å². The smallest absolute Gasteiger partial charge is 0.255 e. The summed E-state index contributed by atoms with van der Waals surface area (Å²) in [5.74, 6) is -0.0384. The van der Waals surface area contributed by atoms with Crippen molar-refractivity contribution in [2.45, 2.75) is 24.4 Å². The van der Waals surface area contributed by atoms with Gasteiger partial charge in [0.1, 0.15) is 0 Å². The van der Waals surface area contributed by atoms with E-state index < -0.39 is 0 Å². The van der Waals surface area contributed by atoms with Gasteiger partial charge in [0.05, 0.1) is 5.75 Å². The number of hydrogen-bond acceptors (Lipinski definition) is 5. The summed E-state index contributed by atoms with van der Waals surface area (Å²) < 4.78 is 1.87. The van der Waals surface area contributed by atoms with Crippen LogP contribution in [-0.2, 0) is 11.8 Å². The van der Waals surface area contributed by atoms with Gasteiger partial charge in [-0.3, -0.25) is 9.59 Å². The number of carbonyl (C=O) groups is 2. The molecule has 1 fully saturated rings. The molecule has 0 unspecified atom stereocenters. The fourth-order valence-electron chi connectivity index (χ4n) is 3.63. The number of aryl methyl sites for hydroxylation is 1. The molecule has 32 heavy (non-hydrogen) atoms. The van der Waals surface area contributed by atoms with Crippen molar-refractivity contribution in [3.8, 4) is 0 Å². The first kappa shape index (κ1) is 22.0. The standard InChI is InChI=1S/C24H27N5O2S/c1-28-16-13-25-24(28)32-17-22(30)26-19-7-5-18(6-8-19)23(31)27-20-9-11-21(12-10-20)29-14-3-2-4-15-29/h5-13,16H,2-4,14-15,17H2,1H3,(H,26,30)(H,27,31). The third-order valence-corrected chi connectivity index (χ3v) is 6.44. The number of imidazole rings is 1. The van der Waals surface area contributed by atoms with Crippen LogP contribution in [0.15, 0.2) is 66.1 Å². The molecule has 2 heterocycles. The molecular formula is C24H27N5O2S. The van der Waals surface area contributed by atoms with Gasteiger partial charge in [0.15, 0.2) is 5.16 Å². The highest BCUT2D eigenvalue weighted by Crippen LogP contribution is 2.22. The van der Waals surface area contributed by atoms with Gasteiger partial charge in [-0.2, -0.15) is 0 Å². The minimum atomic E-state index is -0.182. The zero-order valence-corrected chi connectivity index (χ0v) is 18.9. The lowest BCUT2D eigenvalue weighted by Crippen LogP contribution is -2.29. The van der Waals surface area contributed by atoms with Crippen molar-refractivity contribution in [3.05, 3.63) is 66.5 Å². The fourth-order valence-corrected chi connectivity index (χ4v) is 4.37. The zero-order valence-electron chi connectivity index (χ0n) is 18.1. The van der Waals surface area contributed by atoms with Gasteiger partial charge >= 0.3 is 0 Å². The Morgan fingerprint density at radius 2 is 1.59 bits per heavy atom. The van der Waals surface area contributed by atoms with Crippen LogP contribution in [-0.4, -0.2) is 40.2 Å². The third kappa shape index (κ3) is 5.70. The number of hydrogen-bond donors (Lipinski definition) is 2. The second kappa shape index (κ2) is 10.4. The Labute approximate surface area is 192 Å². The largest absolute Gasteiger partial charge is 0.372 e. The van der Waals surface area contributed by atoms with E-state index in [9.17, 15) is 9.59 Å². The summed E-state index contributed by atoms with van der Waals surface area (Å²) in [7, 11) is 1.89. The van der Waals surface area contributed by atoms with E-state index in [1.54, 1.807) is 30.5 Å². The van der Waals surface area contributed by atoms with Crippen molar-refractivity contribution in [2.24, 2.45) is 7.05 Å². The quantitative estimate of drug-likeness (QED) is 0.523. The maximum Gasteiger partial charge on any atom is 0.255 e. The Balaban J connectivity index is 1.28. The van der Waals surface area contributed by atoms with Crippen molar-refractivity contribution >= 4 is 40.6 Å². The molecule has 1 aromatic heterocycles. The van der Waals surface area contributed by atoms with Crippen molar-refractivity contribution in [3.63, 3.8) is 0 Å². The molecular weight excluding hydrogens is 422 g/mol. The molecule has 0 bridgehead atoms. The first-order chi connectivity index (χ1) is 15.6. The Morgan fingerprint density at radius 1 is 0.938 bits per heavy atom. The summed E-state index contributed by atoms with van der Waals surface area (Å²) in [5.41, 5.74) is 3.15. The summed E-state index contributed by atoms with van der Waals surface area (Å²) in [6.07, 6.45) is 7.31. The van der Waals surface area contributed by atoms with Crippen molar-refractivity contribution in [1.29, 1.82) is 0 Å². The molecule has 2 aromatic carbocycles. The van der Waals surface area contributed by atoms with Crippen LogP contribution in [0, 0.1) is 0 Å². The number of benzene rings is 2. The number of rotatable bonds is 7. The number of nitrogens with one attached hydrogen (secondary N) is 2. The Kier molecular flexibility index (Phi) is 7.11. The number of aromatic nitrogens is 2. The summed E-state index contributed by atoms with van der Waals surface area (Å²) in [6, 6.07) is 14.9. The average Bonchev–Trinajstić information content (AvgIpc) is 3.24. The Morgan fingerprint density at radius 3 is 2.25 bits per heavy atom. The average molecular weight is 450 g/mol. The number of anilines is 3. The number of piperidine rings is 1. The maximum absolute atomic E-state index is 12.6. The minimum absolute atomic E-state index is 0.121. The number of carbonyl (C=O) groups excluding carboxylic acids is 2. The molecule has 8 heteroatoms. The van der Waals surface area contributed by atoms with Crippen molar-refractivity contribution < 1.29 is 9.59 Å². The first-order valence-electron chi connectivity index (χ1n) is 10.7. The predicted octanol–water partition coefficient (Wildman–Crippen LogP) is 4.39. The lowest BCUT2D eigenvalue weighted by atomic mass is 10.1. The Bertz CT molecular complexity index is 1060. The highest BCUT2D eigenvalue weighted by molar-refractivity contribution is 7.99. The third-order valence-electron chi connectivity index (χ3n) is 5.39. The van der Waals surface area contributed by atoms with Gasteiger partial charge in [0.25, 0.3) is 5.91 Å². The lowest BCUT2D eigenvalue weighted by molar-refractivity contribution is -0.113. The van der Waals surface area contributed by atoms with Gasteiger partial charge in [-0.25, -0.2) is 4.98 Å². The van der Waals surface area contributed by atoms with Crippen molar-refractivity contribution in [1.82, 2.24) is 9.55 Å². The van der Waals surface area contributed by atoms with Crippen LogP contribution >= 0.6 is 11.8 Å². The van der Waals surface area contributed by atoms with E-state index in [2.05, 4.69) is 32.7 Å². The van der Waals surface area contributed by atoms with Crippen LogP contribution in [0.2, 0.25) is 0 Å².